The van der Waals surface area contributed by atoms with Gasteiger partial charge >= 0.3 is 6.18 Å². The number of carbonyl (C=O) groups is 1. The first kappa shape index (κ1) is 12.3. The van der Waals surface area contributed by atoms with Crippen molar-refractivity contribution in [3.05, 3.63) is 42.0 Å². The molecule has 0 aliphatic rings. The zero-order chi connectivity index (χ0) is 12.2. The zero-order valence-electron chi connectivity index (χ0n) is 8.51. The fourth-order valence-electron chi connectivity index (χ4n) is 1.08. The van der Waals surface area contributed by atoms with Crippen LogP contribution < -0.4 is 5.32 Å². The number of allylic oxidation sites excluding steroid dienone is 1. The Kier molecular flexibility index (Phi) is 3.71. The fourth-order valence-corrected chi connectivity index (χ4v) is 1.08. The van der Waals surface area contributed by atoms with Gasteiger partial charge in [-0.2, -0.15) is 13.2 Å². The van der Waals surface area contributed by atoms with E-state index in [4.69, 9.17) is 0 Å². The van der Waals surface area contributed by atoms with Gasteiger partial charge in [-0.05, 0) is 37.3 Å². The van der Waals surface area contributed by atoms with Crippen LogP contribution in [-0.4, -0.2) is 5.91 Å². The van der Waals surface area contributed by atoms with Crippen molar-refractivity contribution in [2.45, 2.75) is 13.1 Å². The summed E-state index contributed by atoms with van der Waals surface area (Å²) < 4.78 is 36.6. The van der Waals surface area contributed by atoms with Gasteiger partial charge in [-0.25, -0.2) is 0 Å². The maximum atomic E-state index is 12.2. The minimum atomic E-state index is -4.36. The molecule has 1 aromatic rings. The van der Waals surface area contributed by atoms with Gasteiger partial charge in [-0.3, -0.25) is 4.79 Å². The lowest BCUT2D eigenvalue weighted by Gasteiger charge is -2.07. The summed E-state index contributed by atoms with van der Waals surface area (Å²) in [6, 6.07) is 4.27. The highest BCUT2D eigenvalue weighted by Crippen LogP contribution is 2.29. The predicted molar refractivity (Wildman–Crippen MR) is 54.9 cm³/mol. The van der Waals surface area contributed by atoms with Crippen LogP contribution in [0.2, 0.25) is 0 Å². The van der Waals surface area contributed by atoms with Crippen LogP contribution in [0.3, 0.4) is 0 Å². The molecule has 0 saturated heterocycles. The second-order valence-electron chi connectivity index (χ2n) is 3.06. The molecule has 0 atom stereocenters. The third kappa shape index (κ3) is 3.42. The van der Waals surface area contributed by atoms with Crippen molar-refractivity contribution in [2.24, 2.45) is 0 Å². The number of hydrogen-bond acceptors (Lipinski definition) is 1. The average Bonchev–Trinajstić information content (AvgIpc) is 2.17. The molecule has 0 aliphatic heterocycles. The molecule has 5 heteroatoms. The van der Waals surface area contributed by atoms with E-state index in [1.165, 1.54) is 18.2 Å². The summed E-state index contributed by atoms with van der Waals surface area (Å²) in [5.41, 5.74) is -0.410. The molecule has 1 amide bonds. The number of anilines is 1. The molecule has 0 spiro atoms. The highest BCUT2D eigenvalue weighted by atomic mass is 19.4. The van der Waals surface area contributed by atoms with E-state index in [2.05, 4.69) is 5.32 Å². The van der Waals surface area contributed by atoms with E-state index >= 15 is 0 Å². The summed E-state index contributed by atoms with van der Waals surface area (Å²) >= 11 is 0. The van der Waals surface area contributed by atoms with Gasteiger partial charge in [0, 0.05) is 5.69 Å². The second-order valence-corrected chi connectivity index (χ2v) is 3.06. The quantitative estimate of drug-likeness (QED) is 0.775. The number of rotatable bonds is 2. The monoisotopic (exact) mass is 229 g/mol. The van der Waals surface area contributed by atoms with Gasteiger partial charge in [0.05, 0.1) is 5.56 Å². The van der Waals surface area contributed by atoms with E-state index in [9.17, 15) is 18.0 Å². The maximum Gasteiger partial charge on any atom is 0.416 e. The number of hydrogen-bond donors (Lipinski definition) is 1. The third-order valence-corrected chi connectivity index (χ3v) is 1.80. The van der Waals surface area contributed by atoms with Crippen molar-refractivity contribution < 1.29 is 18.0 Å². The Hall–Kier alpha value is -1.78. The van der Waals surface area contributed by atoms with Gasteiger partial charge in [0.15, 0.2) is 0 Å². The molecule has 86 valence electrons. The van der Waals surface area contributed by atoms with E-state index in [-0.39, 0.29) is 5.91 Å². The molecule has 2 nitrogen and oxygen atoms in total. The van der Waals surface area contributed by atoms with Crippen molar-refractivity contribution >= 4 is 11.6 Å². The average molecular weight is 229 g/mol. The Balaban J connectivity index is 2.76. The van der Waals surface area contributed by atoms with E-state index in [1.807, 2.05) is 0 Å². The molecular formula is C11H10F3NO. The van der Waals surface area contributed by atoms with E-state index in [1.54, 1.807) is 13.0 Å². The number of nitrogens with one attached hydrogen (secondary N) is 1. The number of carbonyl (C=O) groups excluding carboxylic acids is 1. The lowest BCUT2D eigenvalue weighted by atomic mass is 10.2. The first-order valence-corrected chi connectivity index (χ1v) is 4.54. The molecule has 0 bridgehead atoms. The number of halogens is 3. The first-order chi connectivity index (χ1) is 7.43. The summed E-state index contributed by atoms with van der Waals surface area (Å²) in [6.07, 6.45) is -1.52. The minimum absolute atomic E-state index is 0.330. The lowest BCUT2D eigenvalue weighted by molar-refractivity contribution is -0.137. The van der Waals surface area contributed by atoms with Crippen LogP contribution in [0.15, 0.2) is 36.4 Å². The fraction of sp³-hybridized carbons (Fsp3) is 0.182. The Morgan fingerprint density at radius 1 is 1.25 bits per heavy atom. The molecule has 0 radical (unpaired) electrons. The van der Waals surface area contributed by atoms with Crippen molar-refractivity contribution in [1.82, 2.24) is 0 Å². The smallest absolute Gasteiger partial charge is 0.323 e. The normalized spacial score (nSPS) is 11.8. The molecule has 0 aromatic heterocycles. The summed E-state index contributed by atoms with van der Waals surface area (Å²) in [5.74, 6) is -0.373. The van der Waals surface area contributed by atoms with Gasteiger partial charge in [0.25, 0.3) is 0 Å². The maximum absolute atomic E-state index is 12.2. The van der Waals surface area contributed by atoms with Crippen LogP contribution in [0.4, 0.5) is 18.9 Å². The van der Waals surface area contributed by atoms with E-state index < -0.39 is 11.7 Å². The Morgan fingerprint density at radius 2 is 1.81 bits per heavy atom. The van der Waals surface area contributed by atoms with Crippen molar-refractivity contribution in [2.75, 3.05) is 5.32 Å². The lowest BCUT2D eigenvalue weighted by Crippen LogP contribution is -2.09. The van der Waals surface area contributed by atoms with E-state index in [0.29, 0.717) is 5.69 Å². The van der Waals surface area contributed by atoms with E-state index in [0.717, 1.165) is 12.1 Å². The van der Waals surface area contributed by atoms with Gasteiger partial charge in [0.1, 0.15) is 0 Å². The summed E-state index contributed by atoms with van der Waals surface area (Å²) in [7, 11) is 0. The molecule has 16 heavy (non-hydrogen) atoms. The van der Waals surface area contributed by atoms with Crippen molar-refractivity contribution in [1.29, 1.82) is 0 Å². The molecule has 1 N–H and O–H groups in total. The predicted octanol–water partition coefficient (Wildman–Crippen LogP) is 3.22. The molecule has 0 fully saturated rings. The Labute approximate surface area is 90.8 Å². The second kappa shape index (κ2) is 4.83. The third-order valence-electron chi connectivity index (χ3n) is 1.80. The van der Waals surface area contributed by atoms with Gasteiger partial charge in [0.2, 0.25) is 5.91 Å². The summed E-state index contributed by atoms with van der Waals surface area (Å²) in [5, 5.41) is 2.43. The molecule has 0 saturated carbocycles. The van der Waals surface area contributed by atoms with Crippen LogP contribution in [0.1, 0.15) is 12.5 Å². The van der Waals surface area contributed by atoms with Crippen molar-refractivity contribution in [3.63, 3.8) is 0 Å². The topological polar surface area (TPSA) is 29.1 Å². The van der Waals surface area contributed by atoms with Crippen LogP contribution >= 0.6 is 0 Å². The number of benzene rings is 1. The SMILES string of the molecule is C/C=C\C(=O)Nc1ccc(C(F)(F)F)cc1. The minimum Gasteiger partial charge on any atom is -0.323 e. The largest absolute Gasteiger partial charge is 0.416 e. The zero-order valence-corrected chi connectivity index (χ0v) is 8.51. The highest BCUT2D eigenvalue weighted by Gasteiger charge is 2.29. The summed E-state index contributed by atoms with van der Waals surface area (Å²) in [6.45, 7) is 1.67. The van der Waals surface area contributed by atoms with Crippen LogP contribution in [0.25, 0.3) is 0 Å². The Morgan fingerprint density at radius 3 is 2.25 bits per heavy atom. The van der Waals surface area contributed by atoms with Crippen LogP contribution in [-0.2, 0) is 11.0 Å². The summed E-state index contributed by atoms with van der Waals surface area (Å²) in [4.78, 5) is 11.1. The standard InChI is InChI=1S/C11H10F3NO/c1-2-3-10(16)15-9-6-4-8(5-7-9)11(12,13)14/h2-7H,1H3,(H,15,16)/b3-2-. The van der Waals surface area contributed by atoms with Crippen molar-refractivity contribution in [3.8, 4) is 0 Å². The molecule has 0 aliphatic carbocycles. The first-order valence-electron chi connectivity index (χ1n) is 4.54. The molecule has 1 rings (SSSR count). The number of alkyl halides is 3. The molecule has 0 unspecified atom stereocenters. The van der Waals surface area contributed by atoms with Gasteiger partial charge in [-0.15, -0.1) is 0 Å². The molecule has 0 heterocycles. The van der Waals surface area contributed by atoms with Gasteiger partial charge in [-0.1, -0.05) is 6.08 Å². The highest BCUT2D eigenvalue weighted by molar-refractivity contribution is 5.99. The molecular weight excluding hydrogens is 219 g/mol. The molecule has 1 aromatic carbocycles. The Bertz CT molecular complexity index is 393. The van der Waals surface area contributed by atoms with Crippen LogP contribution in [0.5, 0.6) is 0 Å². The van der Waals surface area contributed by atoms with Crippen LogP contribution in [0, 0.1) is 0 Å². The van der Waals surface area contributed by atoms with Gasteiger partial charge < -0.3 is 5.32 Å². The number of amides is 1.